The first kappa shape index (κ1) is 19.1. The highest BCUT2D eigenvalue weighted by atomic mass is 35.5. The normalized spacial score (nSPS) is 22.3. The topological polar surface area (TPSA) is 107 Å². The third kappa shape index (κ3) is 3.52. The van der Waals surface area contributed by atoms with Crippen molar-refractivity contribution in [2.24, 2.45) is 11.1 Å². The molecular weight excluding hydrogens is 353 g/mol. The van der Waals surface area contributed by atoms with E-state index in [2.05, 4.69) is 0 Å². The van der Waals surface area contributed by atoms with Crippen LogP contribution < -0.4 is 5.73 Å². The molecule has 1 saturated heterocycles. The van der Waals surface area contributed by atoms with Crippen molar-refractivity contribution in [1.82, 2.24) is 4.31 Å². The molecule has 124 valence electrons. The third-order valence-corrected chi connectivity index (χ3v) is 5.86. The van der Waals surface area contributed by atoms with E-state index in [9.17, 15) is 18.5 Å². The molecule has 0 amide bonds. The number of hydrogen-bond acceptors (Lipinski definition) is 5. The van der Waals surface area contributed by atoms with E-state index < -0.39 is 20.6 Å². The van der Waals surface area contributed by atoms with Gasteiger partial charge >= 0.3 is 0 Å². The summed E-state index contributed by atoms with van der Waals surface area (Å²) in [6.45, 7) is 2.79. The van der Waals surface area contributed by atoms with Gasteiger partial charge in [0.1, 0.15) is 0 Å². The highest BCUT2D eigenvalue weighted by molar-refractivity contribution is 7.89. The van der Waals surface area contributed by atoms with Crippen LogP contribution in [0.25, 0.3) is 0 Å². The third-order valence-electron chi connectivity index (χ3n) is 3.75. The van der Waals surface area contributed by atoms with Crippen molar-refractivity contribution in [3.63, 3.8) is 0 Å². The van der Waals surface area contributed by atoms with Gasteiger partial charge in [0.2, 0.25) is 10.0 Å². The fourth-order valence-corrected chi connectivity index (χ4v) is 4.35. The lowest BCUT2D eigenvalue weighted by atomic mass is 9.90. The monoisotopic (exact) mass is 369 g/mol. The van der Waals surface area contributed by atoms with Crippen LogP contribution in [0.15, 0.2) is 23.1 Å². The van der Waals surface area contributed by atoms with Gasteiger partial charge < -0.3 is 5.73 Å². The summed E-state index contributed by atoms with van der Waals surface area (Å²) in [4.78, 5) is 9.94. The molecule has 7 nitrogen and oxygen atoms in total. The van der Waals surface area contributed by atoms with Crippen molar-refractivity contribution in [1.29, 1.82) is 0 Å². The van der Waals surface area contributed by atoms with Gasteiger partial charge in [-0.3, -0.25) is 10.1 Å². The van der Waals surface area contributed by atoms with Gasteiger partial charge in [0.15, 0.2) is 4.90 Å². The van der Waals surface area contributed by atoms with Gasteiger partial charge in [-0.15, -0.1) is 12.4 Å². The number of halogens is 2. The van der Waals surface area contributed by atoms with Crippen molar-refractivity contribution in [2.45, 2.75) is 18.2 Å². The largest absolute Gasteiger partial charge is 0.330 e. The first-order valence-electron chi connectivity index (χ1n) is 6.34. The number of nitrogens with two attached hydrogens (primary N) is 1. The van der Waals surface area contributed by atoms with E-state index >= 15 is 0 Å². The van der Waals surface area contributed by atoms with Crippen LogP contribution in [0.1, 0.15) is 13.3 Å². The summed E-state index contributed by atoms with van der Waals surface area (Å²) < 4.78 is 26.5. The number of rotatable bonds is 4. The van der Waals surface area contributed by atoms with Crippen LogP contribution in [0.5, 0.6) is 0 Å². The van der Waals surface area contributed by atoms with Gasteiger partial charge in [-0.05, 0) is 30.5 Å². The summed E-state index contributed by atoms with van der Waals surface area (Å²) in [5.74, 6) is 0. The van der Waals surface area contributed by atoms with Gasteiger partial charge in [0.05, 0.1) is 4.92 Å². The Bertz CT molecular complexity index is 683. The van der Waals surface area contributed by atoms with Crippen molar-refractivity contribution in [3.05, 3.63) is 33.3 Å². The van der Waals surface area contributed by atoms with Crippen molar-refractivity contribution < 1.29 is 13.3 Å². The molecule has 1 unspecified atom stereocenters. The Kier molecular flexibility index (Phi) is 5.80. The second-order valence-corrected chi connectivity index (χ2v) is 7.82. The fourth-order valence-electron chi connectivity index (χ4n) is 2.33. The molecule has 2 N–H and O–H groups in total. The molecule has 22 heavy (non-hydrogen) atoms. The Hall–Kier alpha value is -0.930. The molecule has 1 fully saturated rings. The number of nitro groups is 1. The second-order valence-electron chi connectivity index (χ2n) is 5.47. The van der Waals surface area contributed by atoms with E-state index in [1.807, 2.05) is 6.92 Å². The Morgan fingerprint density at radius 1 is 1.50 bits per heavy atom. The van der Waals surface area contributed by atoms with Crippen molar-refractivity contribution in [2.75, 3.05) is 19.6 Å². The number of hydrogen-bond donors (Lipinski definition) is 1. The molecule has 1 aromatic rings. The zero-order chi connectivity index (χ0) is 15.8. The van der Waals surface area contributed by atoms with Crippen LogP contribution >= 0.6 is 24.0 Å². The molecule has 1 heterocycles. The first-order valence-corrected chi connectivity index (χ1v) is 8.16. The standard InChI is InChI=1S/C12H16ClN3O4S.ClH/c1-12(7-14)4-5-15(8-12)21(19,20)11-6-9(13)2-3-10(11)16(17)18;/h2-3,6H,4-5,7-8,14H2,1H3;1H. The lowest BCUT2D eigenvalue weighted by molar-refractivity contribution is -0.387. The number of sulfonamides is 1. The first-order chi connectivity index (χ1) is 9.69. The molecule has 0 aromatic heterocycles. The minimum atomic E-state index is -3.97. The van der Waals surface area contributed by atoms with Crippen LogP contribution in [0.2, 0.25) is 5.02 Å². The molecule has 1 atom stereocenters. The van der Waals surface area contributed by atoms with E-state index in [1.54, 1.807) is 0 Å². The Balaban J connectivity index is 0.00000242. The zero-order valence-electron chi connectivity index (χ0n) is 11.9. The van der Waals surface area contributed by atoms with Gasteiger partial charge in [0.25, 0.3) is 5.69 Å². The minimum absolute atomic E-state index is 0. The summed E-state index contributed by atoms with van der Waals surface area (Å²) in [6, 6.07) is 3.52. The van der Waals surface area contributed by atoms with Crippen molar-refractivity contribution >= 4 is 39.7 Å². The van der Waals surface area contributed by atoms with E-state index in [1.165, 1.54) is 10.4 Å². The van der Waals surface area contributed by atoms with E-state index in [0.717, 1.165) is 12.1 Å². The average molecular weight is 370 g/mol. The predicted molar refractivity (Wildman–Crippen MR) is 85.9 cm³/mol. The lowest BCUT2D eigenvalue weighted by Gasteiger charge is -2.22. The smallest absolute Gasteiger partial charge is 0.289 e. The van der Waals surface area contributed by atoms with Crippen LogP contribution in [0.3, 0.4) is 0 Å². The molecule has 0 spiro atoms. The maximum Gasteiger partial charge on any atom is 0.289 e. The lowest BCUT2D eigenvalue weighted by Crippen LogP contribution is -2.34. The zero-order valence-corrected chi connectivity index (χ0v) is 14.2. The highest BCUT2D eigenvalue weighted by Gasteiger charge is 2.41. The summed E-state index contributed by atoms with van der Waals surface area (Å²) >= 11 is 5.79. The fraction of sp³-hybridized carbons (Fsp3) is 0.500. The Morgan fingerprint density at radius 2 is 2.14 bits per heavy atom. The van der Waals surface area contributed by atoms with Gasteiger partial charge in [-0.2, -0.15) is 4.31 Å². The van der Waals surface area contributed by atoms with E-state index in [0.29, 0.717) is 19.5 Å². The van der Waals surface area contributed by atoms with Crippen LogP contribution in [-0.4, -0.2) is 37.3 Å². The van der Waals surface area contributed by atoms with Crippen LogP contribution in [0, 0.1) is 15.5 Å². The van der Waals surface area contributed by atoms with E-state index in [-0.39, 0.29) is 34.3 Å². The maximum atomic E-state index is 12.6. The molecular formula is C12H17Cl2N3O4S. The highest BCUT2D eigenvalue weighted by Crippen LogP contribution is 2.35. The molecule has 0 aliphatic carbocycles. The Labute approximate surface area is 140 Å². The summed E-state index contributed by atoms with van der Waals surface area (Å²) in [5.41, 5.74) is 4.89. The average Bonchev–Trinajstić information content (AvgIpc) is 2.82. The quantitative estimate of drug-likeness (QED) is 0.645. The minimum Gasteiger partial charge on any atom is -0.330 e. The number of benzene rings is 1. The van der Waals surface area contributed by atoms with Crippen LogP contribution in [0.4, 0.5) is 5.69 Å². The van der Waals surface area contributed by atoms with E-state index in [4.69, 9.17) is 17.3 Å². The van der Waals surface area contributed by atoms with Gasteiger partial charge in [-0.25, -0.2) is 8.42 Å². The summed E-state index contributed by atoms with van der Waals surface area (Å²) in [7, 11) is -3.97. The van der Waals surface area contributed by atoms with Gasteiger partial charge in [-0.1, -0.05) is 18.5 Å². The van der Waals surface area contributed by atoms with Gasteiger partial charge in [0, 0.05) is 24.2 Å². The molecule has 0 saturated carbocycles. The molecule has 10 heteroatoms. The maximum absolute atomic E-state index is 12.6. The molecule has 0 radical (unpaired) electrons. The molecule has 1 aliphatic heterocycles. The molecule has 2 rings (SSSR count). The SMILES string of the molecule is CC1(CN)CCN(S(=O)(=O)c2cc(Cl)ccc2[N+](=O)[O-])C1.Cl. The second kappa shape index (κ2) is 6.67. The van der Waals surface area contributed by atoms with Crippen LogP contribution in [-0.2, 0) is 10.0 Å². The predicted octanol–water partition coefficient (Wildman–Crippen LogP) is 2.03. The molecule has 1 aliphatic rings. The Morgan fingerprint density at radius 3 is 2.64 bits per heavy atom. The number of nitrogens with zero attached hydrogens (tertiary/aromatic N) is 2. The summed E-state index contributed by atoms with van der Waals surface area (Å²) in [6.07, 6.45) is 0.622. The summed E-state index contributed by atoms with van der Waals surface area (Å²) in [5, 5.41) is 11.2. The van der Waals surface area contributed by atoms with Crippen molar-refractivity contribution in [3.8, 4) is 0 Å². The molecule has 0 bridgehead atoms. The molecule has 1 aromatic carbocycles. The number of nitro benzene ring substituents is 1.